The summed E-state index contributed by atoms with van der Waals surface area (Å²) in [7, 11) is 0. The van der Waals surface area contributed by atoms with Gasteiger partial charge in [-0.25, -0.2) is 18.7 Å². The normalized spacial score (nSPS) is 11.0. The van der Waals surface area contributed by atoms with E-state index >= 15 is 0 Å². The van der Waals surface area contributed by atoms with Gasteiger partial charge in [-0.05, 0) is 53.6 Å². The van der Waals surface area contributed by atoms with Crippen LogP contribution >= 0.6 is 0 Å². The quantitative estimate of drug-likeness (QED) is 0.414. The first-order chi connectivity index (χ1) is 16.0. The highest BCUT2D eigenvalue weighted by molar-refractivity contribution is 5.93. The number of anilines is 1. The molecule has 2 N–H and O–H groups in total. The Bertz CT molecular complexity index is 1310. The zero-order chi connectivity index (χ0) is 23.2. The summed E-state index contributed by atoms with van der Waals surface area (Å²) < 4.78 is 26.6. The summed E-state index contributed by atoms with van der Waals surface area (Å²) in [5.74, 6) is -2.05. The van der Waals surface area contributed by atoms with Crippen LogP contribution in [-0.4, -0.2) is 21.0 Å². The van der Waals surface area contributed by atoms with Crippen LogP contribution in [0.15, 0.2) is 79.0 Å². The fraction of sp³-hybridized carbons (Fsp3) is 0.0385. The van der Waals surface area contributed by atoms with Crippen molar-refractivity contribution < 1.29 is 18.7 Å². The number of carbonyl (C=O) groups is 1. The van der Waals surface area contributed by atoms with E-state index in [1.54, 1.807) is 30.3 Å². The van der Waals surface area contributed by atoms with E-state index < -0.39 is 17.5 Å². The van der Waals surface area contributed by atoms with Gasteiger partial charge in [-0.1, -0.05) is 42.5 Å². The summed E-state index contributed by atoms with van der Waals surface area (Å²) in [5, 5.41) is 12.2. The molecule has 0 fully saturated rings. The lowest BCUT2D eigenvalue weighted by Crippen LogP contribution is -2.17. The molecule has 4 rings (SSSR count). The fourth-order valence-corrected chi connectivity index (χ4v) is 3.14. The number of phenols is 1. The number of amides is 1. The van der Waals surface area contributed by atoms with Gasteiger partial charge in [0, 0.05) is 5.56 Å². The zero-order valence-corrected chi connectivity index (χ0v) is 17.4. The largest absolute Gasteiger partial charge is 0.508 e. The highest BCUT2D eigenvalue weighted by Gasteiger charge is 2.12. The van der Waals surface area contributed by atoms with Gasteiger partial charge >= 0.3 is 0 Å². The van der Waals surface area contributed by atoms with Crippen molar-refractivity contribution in [2.75, 3.05) is 5.32 Å². The van der Waals surface area contributed by atoms with Crippen molar-refractivity contribution in [1.82, 2.24) is 9.97 Å². The molecule has 33 heavy (non-hydrogen) atoms. The minimum atomic E-state index is -1.01. The average molecular weight is 443 g/mol. The predicted octanol–water partition coefficient (Wildman–Crippen LogP) is 5.48. The molecular formula is C26H19F2N3O2. The molecule has 7 heteroatoms. The molecule has 0 spiro atoms. The molecule has 0 aliphatic rings. The SMILES string of the molecule is O=C(Cc1ccc(F)c(F)c1)Nc1ncc(-c2ccc(O)cc2)nc1C=Cc1ccccc1. The second kappa shape index (κ2) is 9.82. The fourth-order valence-electron chi connectivity index (χ4n) is 3.14. The maximum Gasteiger partial charge on any atom is 0.230 e. The molecule has 0 aliphatic carbocycles. The Labute approximate surface area is 189 Å². The second-order valence-corrected chi connectivity index (χ2v) is 7.25. The van der Waals surface area contributed by atoms with E-state index in [1.165, 1.54) is 12.3 Å². The molecule has 0 aliphatic heterocycles. The van der Waals surface area contributed by atoms with Gasteiger partial charge in [-0.2, -0.15) is 0 Å². The van der Waals surface area contributed by atoms with Gasteiger partial charge in [-0.3, -0.25) is 4.79 Å². The van der Waals surface area contributed by atoms with Crippen LogP contribution in [0.4, 0.5) is 14.6 Å². The van der Waals surface area contributed by atoms with Crippen LogP contribution in [0.5, 0.6) is 5.75 Å². The summed E-state index contributed by atoms with van der Waals surface area (Å²) in [6.45, 7) is 0. The molecular weight excluding hydrogens is 424 g/mol. The Morgan fingerprint density at radius 3 is 2.42 bits per heavy atom. The molecule has 0 atom stereocenters. The van der Waals surface area contributed by atoms with Crippen molar-refractivity contribution in [1.29, 1.82) is 0 Å². The number of nitrogens with zero attached hydrogens (tertiary/aromatic N) is 2. The number of aromatic nitrogens is 2. The number of hydrogen-bond donors (Lipinski definition) is 2. The maximum absolute atomic E-state index is 13.5. The molecule has 0 bridgehead atoms. The van der Waals surface area contributed by atoms with Gasteiger partial charge in [-0.15, -0.1) is 0 Å². The monoisotopic (exact) mass is 443 g/mol. The standard InChI is InChI=1S/C26H19F2N3O2/c27-21-12-6-18(14-22(21)28)15-25(33)31-26-23(13-7-17-4-2-1-3-5-17)30-24(16-29-26)19-8-10-20(32)11-9-19/h1-14,16,32H,15H2,(H,29,31,33). The van der Waals surface area contributed by atoms with Crippen molar-refractivity contribution in [2.24, 2.45) is 0 Å². The first-order valence-corrected chi connectivity index (χ1v) is 10.1. The summed E-state index contributed by atoms with van der Waals surface area (Å²) in [4.78, 5) is 21.5. The average Bonchev–Trinajstić information content (AvgIpc) is 2.82. The third-order valence-corrected chi connectivity index (χ3v) is 4.80. The lowest BCUT2D eigenvalue weighted by molar-refractivity contribution is -0.115. The van der Waals surface area contributed by atoms with E-state index in [4.69, 9.17) is 0 Å². The highest BCUT2D eigenvalue weighted by Crippen LogP contribution is 2.23. The number of nitrogens with one attached hydrogen (secondary N) is 1. The Morgan fingerprint density at radius 2 is 1.70 bits per heavy atom. The van der Waals surface area contributed by atoms with Gasteiger partial charge in [0.05, 0.1) is 18.3 Å². The van der Waals surface area contributed by atoms with Gasteiger partial charge in [0.1, 0.15) is 11.4 Å². The number of hydrogen-bond acceptors (Lipinski definition) is 4. The number of rotatable bonds is 6. The summed E-state index contributed by atoms with van der Waals surface area (Å²) in [5.41, 5.74) is 2.99. The Kier molecular flexibility index (Phi) is 6.50. The third-order valence-electron chi connectivity index (χ3n) is 4.80. The number of phenolic OH excluding ortho intramolecular Hbond substituents is 1. The highest BCUT2D eigenvalue weighted by atomic mass is 19.2. The number of halogens is 2. The van der Waals surface area contributed by atoms with Crippen molar-refractivity contribution in [3.63, 3.8) is 0 Å². The Hall–Kier alpha value is -4.39. The number of carbonyl (C=O) groups excluding carboxylic acids is 1. The summed E-state index contributed by atoms with van der Waals surface area (Å²) >= 11 is 0. The first-order valence-electron chi connectivity index (χ1n) is 10.1. The minimum Gasteiger partial charge on any atom is -0.508 e. The molecule has 5 nitrogen and oxygen atoms in total. The predicted molar refractivity (Wildman–Crippen MR) is 123 cm³/mol. The topological polar surface area (TPSA) is 75.1 Å². The molecule has 0 saturated carbocycles. The molecule has 0 unspecified atom stereocenters. The third kappa shape index (κ3) is 5.65. The van der Waals surface area contributed by atoms with Crippen LogP contribution in [0.1, 0.15) is 16.8 Å². The van der Waals surface area contributed by atoms with Gasteiger partial charge in [0.15, 0.2) is 17.5 Å². The lowest BCUT2D eigenvalue weighted by Gasteiger charge is -2.10. The van der Waals surface area contributed by atoms with Crippen LogP contribution < -0.4 is 5.32 Å². The van der Waals surface area contributed by atoms with Crippen molar-refractivity contribution in [3.05, 3.63) is 107 Å². The van der Waals surface area contributed by atoms with E-state index in [2.05, 4.69) is 15.3 Å². The molecule has 1 aromatic heterocycles. The Balaban J connectivity index is 1.62. The lowest BCUT2D eigenvalue weighted by atomic mass is 10.1. The molecule has 1 heterocycles. The molecule has 164 valence electrons. The van der Waals surface area contributed by atoms with Crippen LogP contribution in [0.3, 0.4) is 0 Å². The van der Waals surface area contributed by atoms with E-state index in [0.29, 0.717) is 17.0 Å². The maximum atomic E-state index is 13.5. The first kappa shape index (κ1) is 21.8. The molecule has 1 amide bonds. The molecule has 4 aromatic rings. The van der Waals surface area contributed by atoms with E-state index in [9.17, 15) is 18.7 Å². The second-order valence-electron chi connectivity index (χ2n) is 7.25. The summed E-state index contributed by atoms with van der Waals surface area (Å²) in [6.07, 6.45) is 4.94. The van der Waals surface area contributed by atoms with Crippen LogP contribution in [-0.2, 0) is 11.2 Å². The molecule has 0 radical (unpaired) electrons. The van der Waals surface area contributed by atoms with Crippen LogP contribution in [0, 0.1) is 11.6 Å². The molecule has 3 aromatic carbocycles. The van der Waals surface area contributed by atoms with Gasteiger partial charge in [0.25, 0.3) is 0 Å². The van der Waals surface area contributed by atoms with Gasteiger partial charge < -0.3 is 10.4 Å². The van der Waals surface area contributed by atoms with Crippen molar-refractivity contribution >= 4 is 23.9 Å². The number of benzene rings is 3. The van der Waals surface area contributed by atoms with Crippen LogP contribution in [0.2, 0.25) is 0 Å². The van der Waals surface area contributed by atoms with Gasteiger partial charge in [0.2, 0.25) is 5.91 Å². The van der Waals surface area contributed by atoms with Crippen molar-refractivity contribution in [2.45, 2.75) is 6.42 Å². The van der Waals surface area contributed by atoms with E-state index in [1.807, 2.05) is 36.4 Å². The zero-order valence-electron chi connectivity index (χ0n) is 17.4. The van der Waals surface area contributed by atoms with Crippen molar-refractivity contribution in [3.8, 4) is 17.0 Å². The molecule has 0 saturated heterocycles. The van der Waals surface area contributed by atoms with Crippen LogP contribution in [0.25, 0.3) is 23.4 Å². The Morgan fingerprint density at radius 1 is 0.939 bits per heavy atom. The van der Waals surface area contributed by atoms with E-state index in [0.717, 1.165) is 23.3 Å². The number of aromatic hydroxyl groups is 1. The van der Waals surface area contributed by atoms with E-state index in [-0.39, 0.29) is 18.0 Å². The summed E-state index contributed by atoms with van der Waals surface area (Å²) in [6, 6.07) is 19.4. The minimum absolute atomic E-state index is 0.136. The smallest absolute Gasteiger partial charge is 0.230 e.